The van der Waals surface area contributed by atoms with Gasteiger partial charge in [0, 0.05) is 30.1 Å². The van der Waals surface area contributed by atoms with Gasteiger partial charge in [0.15, 0.2) is 6.19 Å². The van der Waals surface area contributed by atoms with Crippen LogP contribution in [0.5, 0.6) is 0 Å². The zero-order valence-electron chi connectivity index (χ0n) is 27.4. The minimum absolute atomic E-state index is 0.0817. The lowest BCUT2D eigenvalue weighted by Crippen LogP contribution is -2.55. The molecule has 0 bridgehead atoms. The van der Waals surface area contributed by atoms with Gasteiger partial charge in [0.25, 0.3) is 11.8 Å². The van der Waals surface area contributed by atoms with Gasteiger partial charge in [0.2, 0.25) is 0 Å². The van der Waals surface area contributed by atoms with Crippen LogP contribution in [0.1, 0.15) is 58.4 Å². The SMILES string of the molecule is CCN1C(=O)[C@@H](NC(=O)c2cccc(C(F)(F)F)c2)[C@@H](c2ccc(F)cc2)c2c(CN(C#N)CCCCN(C)C)nn(-c3ccccc3)c21. The number of para-hydroxylation sites is 1. The minimum Gasteiger partial charge on any atom is -0.339 e. The van der Waals surface area contributed by atoms with Crippen LogP contribution in [0, 0.1) is 17.3 Å². The average molecular weight is 676 g/mol. The van der Waals surface area contributed by atoms with Crippen molar-refractivity contribution in [1.29, 1.82) is 5.26 Å². The van der Waals surface area contributed by atoms with E-state index in [0.29, 0.717) is 34.9 Å². The van der Waals surface area contributed by atoms with E-state index in [2.05, 4.69) is 16.4 Å². The molecule has 0 saturated carbocycles. The molecule has 1 aromatic heterocycles. The fourth-order valence-electron chi connectivity index (χ4n) is 6.11. The zero-order valence-corrected chi connectivity index (χ0v) is 27.4. The van der Waals surface area contributed by atoms with Gasteiger partial charge in [-0.15, -0.1) is 0 Å². The van der Waals surface area contributed by atoms with Crippen LogP contribution in [-0.2, 0) is 17.5 Å². The number of carbonyl (C=O) groups is 2. The Bertz CT molecular complexity index is 1820. The van der Waals surface area contributed by atoms with Crippen LogP contribution >= 0.6 is 0 Å². The molecule has 0 radical (unpaired) electrons. The number of amides is 2. The summed E-state index contributed by atoms with van der Waals surface area (Å²) in [7, 11) is 3.95. The number of nitrogens with zero attached hydrogens (tertiary/aromatic N) is 6. The predicted octanol–water partition coefficient (Wildman–Crippen LogP) is 5.95. The van der Waals surface area contributed by atoms with E-state index in [0.717, 1.165) is 37.6 Å². The summed E-state index contributed by atoms with van der Waals surface area (Å²) in [5, 5.41) is 17.8. The Morgan fingerprint density at radius 1 is 1.00 bits per heavy atom. The lowest BCUT2D eigenvalue weighted by Gasteiger charge is -2.38. The van der Waals surface area contributed by atoms with Crippen molar-refractivity contribution in [3.63, 3.8) is 0 Å². The maximum Gasteiger partial charge on any atom is 0.416 e. The number of anilines is 1. The summed E-state index contributed by atoms with van der Waals surface area (Å²) < 4.78 is 56.4. The molecule has 256 valence electrons. The Morgan fingerprint density at radius 2 is 1.69 bits per heavy atom. The largest absolute Gasteiger partial charge is 0.416 e. The molecule has 0 fully saturated rings. The molecule has 0 saturated heterocycles. The Kier molecular flexibility index (Phi) is 10.7. The van der Waals surface area contributed by atoms with Crippen LogP contribution in [0.3, 0.4) is 0 Å². The fourth-order valence-corrected chi connectivity index (χ4v) is 6.11. The van der Waals surface area contributed by atoms with Gasteiger partial charge in [0.05, 0.1) is 23.5 Å². The smallest absolute Gasteiger partial charge is 0.339 e. The molecule has 0 unspecified atom stereocenters. The van der Waals surface area contributed by atoms with Gasteiger partial charge >= 0.3 is 6.18 Å². The number of nitrogens with one attached hydrogen (secondary N) is 1. The standard InChI is InChI=1S/C36H37F4N7O2/c1-4-46-34-31(29(43-47(34)28-13-6-5-7-14-28)22-45(23-41)20-9-8-19-44(2)3)30(24-15-17-27(37)18-16-24)32(35(46)49)42-33(48)25-11-10-12-26(21-25)36(38,39)40/h5-7,10-18,21,30,32H,4,8-9,19-20,22H2,1-3H3,(H,42,48)/t30-,32-/m0/s1. The first-order valence-corrected chi connectivity index (χ1v) is 15.9. The average Bonchev–Trinajstić information content (AvgIpc) is 3.45. The van der Waals surface area contributed by atoms with Gasteiger partial charge in [-0.25, -0.2) is 9.07 Å². The molecule has 13 heteroatoms. The van der Waals surface area contributed by atoms with Gasteiger partial charge < -0.3 is 15.1 Å². The van der Waals surface area contributed by atoms with Gasteiger partial charge in [-0.05, 0) is 88.4 Å². The number of nitriles is 1. The third-order valence-electron chi connectivity index (χ3n) is 8.46. The second-order valence-corrected chi connectivity index (χ2v) is 12.1. The topological polar surface area (TPSA) is 97.5 Å². The Labute approximate surface area is 282 Å². The van der Waals surface area contributed by atoms with E-state index in [9.17, 15) is 32.4 Å². The number of likely N-dealkylation sites (N-methyl/N-ethyl adjacent to an activating group) is 1. The second-order valence-electron chi connectivity index (χ2n) is 12.1. The van der Waals surface area contributed by atoms with Gasteiger partial charge in [-0.3, -0.25) is 14.5 Å². The molecular weight excluding hydrogens is 638 g/mol. The van der Waals surface area contributed by atoms with E-state index < -0.39 is 41.3 Å². The van der Waals surface area contributed by atoms with Crippen LogP contribution in [0.4, 0.5) is 23.4 Å². The lowest BCUT2D eigenvalue weighted by molar-refractivity contribution is -0.137. The fraction of sp³-hybridized carbons (Fsp3) is 0.333. The highest BCUT2D eigenvalue weighted by Crippen LogP contribution is 2.44. The molecule has 0 aliphatic carbocycles. The van der Waals surface area contributed by atoms with Crippen LogP contribution in [-0.4, -0.2) is 71.2 Å². The van der Waals surface area contributed by atoms with E-state index in [1.54, 1.807) is 16.5 Å². The van der Waals surface area contributed by atoms with Crippen LogP contribution in [0.2, 0.25) is 0 Å². The molecule has 49 heavy (non-hydrogen) atoms. The predicted molar refractivity (Wildman–Crippen MR) is 176 cm³/mol. The zero-order chi connectivity index (χ0) is 35.3. The van der Waals surface area contributed by atoms with Crippen molar-refractivity contribution in [1.82, 2.24) is 24.9 Å². The normalized spacial score (nSPS) is 16.0. The van der Waals surface area contributed by atoms with E-state index in [1.165, 1.54) is 35.2 Å². The van der Waals surface area contributed by atoms with Gasteiger partial charge in [-0.2, -0.15) is 23.5 Å². The first-order chi connectivity index (χ1) is 23.4. The maximum atomic E-state index is 14.4. The molecular formula is C36H37F4N7O2. The summed E-state index contributed by atoms with van der Waals surface area (Å²) in [6.07, 6.45) is -0.825. The molecule has 3 aromatic carbocycles. The summed E-state index contributed by atoms with van der Waals surface area (Å²) in [4.78, 5) is 33.2. The summed E-state index contributed by atoms with van der Waals surface area (Å²) >= 11 is 0. The van der Waals surface area contributed by atoms with Gasteiger partial charge in [-0.1, -0.05) is 36.4 Å². The number of aromatic nitrogens is 2. The summed E-state index contributed by atoms with van der Waals surface area (Å²) in [5.41, 5.74) is 0.852. The van der Waals surface area contributed by atoms with Crippen molar-refractivity contribution in [2.45, 2.75) is 44.4 Å². The quantitative estimate of drug-likeness (QED) is 0.0863. The van der Waals surface area contributed by atoms with E-state index in [-0.39, 0.29) is 18.7 Å². The number of carbonyl (C=O) groups excluding carboxylic acids is 2. The maximum absolute atomic E-state index is 14.4. The van der Waals surface area contributed by atoms with Crippen molar-refractivity contribution >= 4 is 17.6 Å². The van der Waals surface area contributed by atoms with E-state index in [1.807, 2.05) is 44.4 Å². The number of rotatable bonds is 12. The first kappa shape index (κ1) is 35.1. The van der Waals surface area contributed by atoms with Crippen LogP contribution in [0.25, 0.3) is 5.69 Å². The number of fused-ring (bicyclic) bond motifs is 1. The first-order valence-electron chi connectivity index (χ1n) is 15.9. The summed E-state index contributed by atoms with van der Waals surface area (Å²) in [6, 6.07) is 17.3. The Balaban J connectivity index is 1.66. The van der Waals surface area contributed by atoms with Crippen molar-refractivity contribution in [2.75, 3.05) is 38.6 Å². The number of halogens is 4. The minimum atomic E-state index is -4.68. The number of alkyl halides is 3. The molecule has 1 aliphatic rings. The monoisotopic (exact) mass is 675 g/mol. The number of unbranched alkanes of at least 4 members (excludes halogenated alkanes) is 1. The van der Waals surface area contributed by atoms with Crippen LogP contribution < -0.4 is 10.2 Å². The third kappa shape index (κ3) is 7.76. The number of benzene rings is 3. The molecule has 5 rings (SSSR count). The number of hydrogen-bond donors (Lipinski definition) is 1. The molecule has 1 N–H and O–H groups in total. The highest BCUT2D eigenvalue weighted by Gasteiger charge is 2.46. The molecule has 4 aromatic rings. The number of hydrogen-bond acceptors (Lipinski definition) is 6. The van der Waals surface area contributed by atoms with Gasteiger partial charge in [0.1, 0.15) is 17.7 Å². The summed E-state index contributed by atoms with van der Waals surface area (Å²) in [5.74, 6) is -2.42. The molecule has 0 spiro atoms. The Hall–Kier alpha value is -5.22. The summed E-state index contributed by atoms with van der Waals surface area (Å²) in [6.45, 7) is 3.32. The molecule has 2 heterocycles. The highest BCUT2D eigenvalue weighted by molar-refractivity contribution is 6.05. The molecule has 2 atom stereocenters. The van der Waals surface area contributed by atoms with Crippen molar-refractivity contribution in [3.8, 4) is 11.9 Å². The molecule has 9 nitrogen and oxygen atoms in total. The van der Waals surface area contributed by atoms with E-state index >= 15 is 0 Å². The van der Waals surface area contributed by atoms with Crippen molar-refractivity contribution < 1.29 is 27.2 Å². The Morgan fingerprint density at radius 3 is 2.33 bits per heavy atom. The third-order valence-corrected chi connectivity index (χ3v) is 8.46. The van der Waals surface area contributed by atoms with E-state index in [4.69, 9.17) is 5.10 Å². The van der Waals surface area contributed by atoms with Crippen molar-refractivity contribution in [2.24, 2.45) is 0 Å². The van der Waals surface area contributed by atoms with Crippen LogP contribution in [0.15, 0.2) is 78.9 Å². The molecule has 1 aliphatic heterocycles. The highest BCUT2D eigenvalue weighted by atomic mass is 19.4. The second kappa shape index (κ2) is 14.9. The lowest BCUT2D eigenvalue weighted by atomic mass is 9.80. The van der Waals surface area contributed by atoms with Crippen molar-refractivity contribution in [3.05, 3.63) is 113 Å². The molecule has 2 amide bonds.